The first-order valence-electron chi connectivity index (χ1n) is 19.8. The summed E-state index contributed by atoms with van der Waals surface area (Å²) in [6, 6.07) is 33.2. The Morgan fingerprint density at radius 1 is 0.625 bits per heavy atom. The Hall–Kier alpha value is -4.25. The van der Waals surface area contributed by atoms with Gasteiger partial charge < -0.3 is 9.13 Å². The van der Waals surface area contributed by atoms with Crippen molar-refractivity contribution in [1.82, 2.24) is 0 Å². The smallest absolute Gasteiger partial charge is 0.0709 e. The van der Waals surface area contributed by atoms with Gasteiger partial charge >= 0.3 is 0 Å². The molecule has 0 N–H and O–H groups in total. The molecule has 3 heterocycles. The predicted molar refractivity (Wildman–Crippen MR) is 240 cm³/mol. The number of pyridine rings is 2. The molecule has 3 aromatic heterocycles. The average molecular weight is 949 g/mol. The second-order valence-corrected chi connectivity index (χ2v) is 23.1. The molecule has 0 atom stereocenters. The van der Waals surface area contributed by atoms with E-state index in [9.17, 15) is 0 Å². The SMILES string of the molecule is [CH2-]c1cc2sc3cc(-c4ccc(C)cc4)ccc3c2cc1-c1cc(C)cc[n+]1[CH2-].[CH2-]c1ccc(C)cc1-c1cc(CC2CCCCC2)c([Si](C)(C)C)c[n+]1[CH2-].[Ir]. The molecule has 4 aromatic carbocycles. The van der Waals surface area contributed by atoms with Gasteiger partial charge in [-0.2, -0.15) is 31.0 Å². The molecule has 8 rings (SSSR count). The summed E-state index contributed by atoms with van der Waals surface area (Å²) in [7, 11) is 7.07. The molecule has 1 fully saturated rings. The predicted octanol–water partition coefficient (Wildman–Crippen LogP) is 12.6. The summed E-state index contributed by atoms with van der Waals surface area (Å²) in [4.78, 5) is 0. The molecule has 7 aromatic rings. The Morgan fingerprint density at radius 3 is 1.96 bits per heavy atom. The van der Waals surface area contributed by atoms with E-state index >= 15 is 0 Å². The van der Waals surface area contributed by atoms with Crippen LogP contribution in [0.4, 0.5) is 0 Å². The second-order valence-electron chi connectivity index (χ2n) is 16.9. The molecule has 1 aliphatic rings. The molecule has 0 aliphatic heterocycles. The zero-order valence-corrected chi connectivity index (χ0v) is 38.3. The van der Waals surface area contributed by atoms with E-state index in [4.69, 9.17) is 0 Å². The molecule has 5 heteroatoms. The second kappa shape index (κ2) is 17.1. The zero-order chi connectivity index (χ0) is 39.0. The maximum Gasteiger partial charge on any atom is 0.0709 e. The van der Waals surface area contributed by atoms with Crippen LogP contribution < -0.4 is 14.3 Å². The number of hydrogen-bond donors (Lipinski definition) is 0. The van der Waals surface area contributed by atoms with Crippen LogP contribution in [0, 0.1) is 54.6 Å². The van der Waals surface area contributed by atoms with E-state index in [2.05, 4.69) is 170 Å². The van der Waals surface area contributed by atoms with Crippen LogP contribution in [0.2, 0.25) is 19.6 Å². The number of nitrogens with zero attached hydrogens (tertiary/aromatic N) is 2. The van der Waals surface area contributed by atoms with E-state index in [-0.39, 0.29) is 20.1 Å². The van der Waals surface area contributed by atoms with E-state index in [0.29, 0.717) is 0 Å². The monoisotopic (exact) mass is 949 g/mol. The Kier molecular flexibility index (Phi) is 12.6. The van der Waals surface area contributed by atoms with Gasteiger partial charge in [0.05, 0.1) is 31.9 Å². The van der Waals surface area contributed by atoms with E-state index in [1.807, 2.05) is 22.1 Å². The molecule has 1 radical (unpaired) electrons. The zero-order valence-electron chi connectivity index (χ0n) is 34.1. The van der Waals surface area contributed by atoms with Gasteiger partial charge in [-0.3, -0.25) is 0 Å². The van der Waals surface area contributed by atoms with Crippen LogP contribution in [0.1, 0.15) is 65.5 Å². The fourth-order valence-electron chi connectivity index (χ4n) is 8.24. The first-order valence-corrected chi connectivity index (χ1v) is 24.1. The molecule has 1 saturated carbocycles. The molecular formula is C51H56IrN2SSi-2. The number of benzene rings is 4. The van der Waals surface area contributed by atoms with Crippen LogP contribution in [0.15, 0.2) is 103 Å². The van der Waals surface area contributed by atoms with Crippen molar-refractivity contribution >= 4 is 44.8 Å². The molecule has 1 aliphatic carbocycles. The number of hydrogen-bond acceptors (Lipinski definition) is 1. The third-order valence-corrected chi connectivity index (χ3v) is 14.6. The van der Waals surface area contributed by atoms with Crippen LogP contribution in [-0.4, -0.2) is 8.07 Å². The van der Waals surface area contributed by atoms with Gasteiger partial charge in [0.1, 0.15) is 0 Å². The summed E-state index contributed by atoms with van der Waals surface area (Å²) in [5.41, 5.74) is 14.6. The van der Waals surface area contributed by atoms with Gasteiger partial charge in [0.15, 0.2) is 0 Å². The van der Waals surface area contributed by atoms with Crippen molar-refractivity contribution in [2.75, 3.05) is 0 Å². The van der Waals surface area contributed by atoms with Crippen molar-refractivity contribution in [1.29, 1.82) is 0 Å². The molecule has 0 saturated heterocycles. The van der Waals surface area contributed by atoms with Crippen molar-refractivity contribution in [2.24, 2.45) is 5.92 Å². The summed E-state index contributed by atoms with van der Waals surface area (Å²) < 4.78 is 6.59. The number of aromatic nitrogens is 2. The average Bonchev–Trinajstić information content (AvgIpc) is 3.51. The van der Waals surface area contributed by atoms with Crippen LogP contribution in [-0.2, 0) is 26.5 Å². The van der Waals surface area contributed by atoms with Crippen LogP contribution in [0.25, 0.3) is 53.8 Å². The number of aryl methyl sites for hydroxylation is 3. The third kappa shape index (κ3) is 8.98. The standard InChI is InChI=1S/C27H22NS.C24H34NSi.Ir/c1-17-5-7-20(8-6-17)21-9-10-22-24-16-23(25-13-18(2)11-12-28(25)4)19(3)14-26(24)29-27(22)15-21;1-18-12-13-19(2)22(14-18)23-16-21(15-20-10-8-7-9-11-20)24(17-25(23)3)26(4,5)6;/h5-16H,3-4H2,1-2H3;12-14,16-17,20H,2-3,7-11,15H2,1,4-6H3;/q2*-1;. The molecule has 291 valence electrons. The molecule has 0 amide bonds. The van der Waals surface area contributed by atoms with Crippen molar-refractivity contribution < 1.29 is 29.2 Å². The molecule has 56 heavy (non-hydrogen) atoms. The normalized spacial score (nSPS) is 13.3. The van der Waals surface area contributed by atoms with Gasteiger partial charge in [-0.15, -0.1) is 46.7 Å². The molecule has 0 unspecified atom stereocenters. The van der Waals surface area contributed by atoms with E-state index in [0.717, 1.165) is 28.3 Å². The molecule has 2 nitrogen and oxygen atoms in total. The van der Waals surface area contributed by atoms with Gasteiger partial charge in [-0.05, 0) is 71.0 Å². The number of thiophene rings is 1. The van der Waals surface area contributed by atoms with E-state index in [1.54, 1.807) is 10.8 Å². The van der Waals surface area contributed by atoms with Gasteiger partial charge in [0.25, 0.3) is 0 Å². The van der Waals surface area contributed by atoms with Crippen LogP contribution >= 0.6 is 11.3 Å². The third-order valence-electron chi connectivity index (χ3n) is 11.4. The van der Waals surface area contributed by atoms with Crippen LogP contribution in [0.5, 0.6) is 0 Å². The van der Waals surface area contributed by atoms with Crippen molar-refractivity contribution in [3.8, 4) is 33.6 Å². The van der Waals surface area contributed by atoms with E-state index in [1.165, 1.54) is 97.8 Å². The maximum atomic E-state index is 4.34. The Balaban J connectivity index is 0.000000188. The maximum absolute atomic E-state index is 4.34. The van der Waals surface area contributed by atoms with E-state index < -0.39 is 8.07 Å². The summed E-state index contributed by atoms with van der Waals surface area (Å²) in [5.74, 6) is 0.851. The first-order chi connectivity index (χ1) is 26.2. The minimum atomic E-state index is -1.42. The largest absolute Gasteiger partial charge is 0.343 e. The summed E-state index contributed by atoms with van der Waals surface area (Å²) in [6.45, 7) is 22.3. The van der Waals surface area contributed by atoms with Gasteiger partial charge in [0.2, 0.25) is 0 Å². The topological polar surface area (TPSA) is 7.76 Å². The van der Waals surface area contributed by atoms with Crippen LogP contribution in [0.3, 0.4) is 0 Å². The Morgan fingerprint density at radius 2 is 1.25 bits per heavy atom. The quantitative estimate of drug-likeness (QED) is 0.0892. The number of fused-ring (bicyclic) bond motifs is 3. The minimum Gasteiger partial charge on any atom is -0.343 e. The van der Waals surface area contributed by atoms with Crippen molar-refractivity contribution in [2.45, 2.75) is 78.9 Å². The number of rotatable bonds is 6. The van der Waals surface area contributed by atoms with Gasteiger partial charge in [-0.1, -0.05) is 129 Å². The summed E-state index contributed by atoms with van der Waals surface area (Å²) in [6.07, 6.45) is 12.6. The summed E-state index contributed by atoms with van der Waals surface area (Å²) in [5, 5.41) is 4.15. The molecule has 0 bridgehead atoms. The van der Waals surface area contributed by atoms with Crippen molar-refractivity contribution in [3.63, 3.8) is 0 Å². The van der Waals surface area contributed by atoms with Crippen molar-refractivity contribution in [3.05, 3.63) is 165 Å². The Bertz CT molecular complexity index is 2500. The molecule has 0 spiro atoms. The fourth-order valence-corrected chi connectivity index (χ4v) is 11.1. The minimum absolute atomic E-state index is 0. The fraction of sp³-hybridized carbons (Fsp3) is 0.255. The van der Waals surface area contributed by atoms with Gasteiger partial charge in [-0.25, -0.2) is 0 Å². The molecular weight excluding hydrogens is 893 g/mol. The first kappa shape index (κ1) is 41.4. The van der Waals surface area contributed by atoms with Gasteiger partial charge in [0, 0.05) is 38.9 Å². The summed E-state index contributed by atoms with van der Waals surface area (Å²) >= 11 is 1.84. The Labute approximate surface area is 355 Å².